The van der Waals surface area contributed by atoms with Gasteiger partial charge in [-0.3, -0.25) is 9.59 Å². The van der Waals surface area contributed by atoms with Crippen LogP contribution in [0.15, 0.2) is 113 Å². The van der Waals surface area contributed by atoms with E-state index in [1.54, 1.807) is 30.3 Å². The Morgan fingerprint density at radius 3 is 2.43 bits per heavy atom. The van der Waals surface area contributed by atoms with Crippen molar-refractivity contribution >= 4 is 11.9 Å². The van der Waals surface area contributed by atoms with Crippen molar-refractivity contribution in [3.05, 3.63) is 159 Å². The van der Waals surface area contributed by atoms with E-state index < -0.39 is 35.0 Å². The molecule has 0 radical (unpaired) electrons. The highest BCUT2D eigenvalue weighted by molar-refractivity contribution is 5.94. The molecule has 6 rings (SSSR count). The fraction of sp³-hybridized carbons (Fsp3) is 0.171. The summed E-state index contributed by atoms with van der Waals surface area (Å²) < 4.78 is 54.0. The van der Waals surface area contributed by atoms with Crippen LogP contribution >= 0.6 is 0 Å². The maximum absolute atomic E-state index is 13.8. The number of rotatable bonds is 11. The van der Waals surface area contributed by atoms with E-state index in [0.717, 1.165) is 22.3 Å². The molecule has 1 aromatic heterocycles. The van der Waals surface area contributed by atoms with Crippen LogP contribution in [-0.4, -0.2) is 29.2 Å². The van der Waals surface area contributed by atoms with Gasteiger partial charge in [-0.15, -0.1) is 0 Å². The molecular weight excluding hydrogens is 613 g/mol. The number of nitrogens with one attached hydrogen (secondary N) is 3. The summed E-state index contributed by atoms with van der Waals surface area (Å²) in [5.74, 6) is -3.97. The molecule has 3 N–H and O–H groups in total. The Balaban J connectivity index is 1.20. The minimum absolute atomic E-state index is 0.00711. The second-order valence-corrected chi connectivity index (χ2v) is 11.0. The number of carbonyl (C=O) groups is 2. The van der Waals surface area contributed by atoms with Crippen LogP contribution in [0.25, 0.3) is 0 Å². The van der Waals surface area contributed by atoms with Gasteiger partial charge in [0.15, 0.2) is 17.5 Å². The molecule has 3 aromatic carbocycles. The van der Waals surface area contributed by atoms with Crippen LogP contribution in [0.1, 0.15) is 39.5 Å². The van der Waals surface area contributed by atoms with Gasteiger partial charge in [0, 0.05) is 18.0 Å². The zero-order chi connectivity index (χ0) is 32.9. The Labute approximate surface area is 267 Å². The van der Waals surface area contributed by atoms with Crippen molar-refractivity contribution in [2.24, 2.45) is 0 Å². The molecule has 1 aliphatic heterocycles. The monoisotopic (exact) mass is 642 g/mol. The van der Waals surface area contributed by atoms with E-state index in [0.29, 0.717) is 35.8 Å². The second kappa shape index (κ2) is 13.7. The smallest absolute Gasteiger partial charge is 0.319 e. The van der Waals surface area contributed by atoms with E-state index in [-0.39, 0.29) is 36.4 Å². The van der Waals surface area contributed by atoms with Crippen LogP contribution in [0.5, 0.6) is 5.75 Å². The summed E-state index contributed by atoms with van der Waals surface area (Å²) in [6, 6.07) is 20.0. The first-order valence-corrected chi connectivity index (χ1v) is 14.8. The summed E-state index contributed by atoms with van der Waals surface area (Å²) >= 11 is 0. The number of pyridine rings is 1. The van der Waals surface area contributed by atoms with Crippen molar-refractivity contribution in [3.63, 3.8) is 0 Å². The summed E-state index contributed by atoms with van der Waals surface area (Å²) in [6.07, 6.45) is 5.43. The van der Waals surface area contributed by atoms with Crippen LogP contribution < -0.4 is 26.2 Å². The molecule has 1 aliphatic carbocycles. The molecule has 2 heterocycles. The SMILES string of the molecule is O=C1NC2=CC(OC[C@H](NC(=O)c3cccn(Cc4cc(F)c(F)c(F)c4)c3=O)c3ccc(OCc4ccccc4)cc3)=CCC2N1. The minimum atomic E-state index is -1.61. The average molecular weight is 643 g/mol. The Bertz CT molecular complexity index is 1900. The van der Waals surface area contributed by atoms with Gasteiger partial charge in [-0.05, 0) is 65.6 Å². The quantitative estimate of drug-likeness (QED) is 0.194. The van der Waals surface area contributed by atoms with Gasteiger partial charge in [-0.25, -0.2) is 18.0 Å². The van der Waals surface area contributed by atoms with Crippen molar-refractivity contribution in [2.75, 3.05) is 6.61 Å². The van der Waals surface area contributed by atoms with Crippen molar-refractivity contribution in [1.82, 2.24) is 20.5 Å². The first-order valence-electron chi connectivity index (χ1n) is 14.8. The van der Waals surface area contributed by atoms with Gasteiger partial charge in [-0.1, -0.05) is 42.5 Å². The molecule has 1 fully saturated rings. The molecule has 0 bridgehead atoms. The maximum Gasteiger partial charge on any atom is 0.319 e. The number of urea groups is 1. The fourth-order valence-electron chi connectivity index (χ4n) is 5.26. The Morgan fingerprint density at radius 1 is 0.936 bits per heavy atom. The van der Waals surface area contributed by atoms with E-state index >= 15 is 0 Å². The van der Waals surface area contributed by atoms with Crippen molar-refractivity contribution in [1.29, 1.82) is 0 Å². The largest absolute Gasteiger partial charge is 0.491 e. The number of carbonyl (C=O) groups excluding carboxylic acids is 2. The number of hydrogen-bond donors (Lipinski definition) is 3. The fourth-order valence-corrected chi connectivity index (χ4v) is 5.26. The van der Waals surface area contributed by atoms with E-state index in [4.69, 9.17) is 9.47 Å². The summed E-state index contributed by atoms with van der Waals surface area (Å²) in [6.45, 7) is 0.0587. The molecule has 0 spiro atoms. The second-order valence-electron chi connectivity index (χ2n) is 11.0. The van der Waals surface area contributed by atoms with E-state index in [1.807, 2.05) is 36.4 Å². The van der Waals surface area contributed by atoms with E-state index in [9.17, 15) is 27.6 Å². The lowest BCUT2D eigenvalue weighted by atomic mass is 10.0. The number of hydrogen-bond acceptors (Lipinski definition) is 5. The highest BCUT2D eigenvalue weighted by Crippen LogP contribution is 2.24. The molecule has 47 heavy (non-hydrogen) atoms. The molecule has 3 amide bonds. The van der Waals surface area contributed by atoms with Gasteiger partial charge < -0.3 is 30.0 Å². The summed E-state index contributed by atoms with van der Waals surface area (Å²) in [7, 11) is 0. The lowest BCUT2D eigenvalue weighted by Gasteiger charge is -2.22. The normalized spacial score (nSPS) is 15.8. The summed E-state index contributed by atoms with van der Waals surface area (Å²) in [5, 5.41) is 8.39. The molecule has 1 saturated heterocycles. The maximum atomic E-state index is 13.8. The standard InChI is InChI=1S/C35H29F3N4O5/c36-27-15-22(16-28(37)32(27)38)18-42-14-4-7-26(34(42)44)33(43)39-31(20-47-25-12-13-29-30(17-25)41-35(45)40-29)23-8-10-24(11-9-23)46-19-21-5-2-1-3-6-21/h1-12,14-17,29,31H,13,18-20H2,(H,39,43)(H2,40,41,45)/t29?,31-/m0/s1. The lowest BCUT2D eigenvalue weighted by molar-refractivity contribution is 0.0902. The number of nitrogens with zero attached hydrogens (tertiary/aromatic N) is 1. The minimum Gasteiger partial charge on any atom is -0.491 e. The highest BCUT2D eigenvalue weighted by Gasteiger charge is 2.28. The van der Waals surface area contributed by atoms with Crippen molar-refractivity contribution < 1.29 is 32.2 Å². The van der Waals surface area contributed by atoms with Crippen LogP contribution in [0.4, 0.5) is 18.0 Å². The predicted octanol–water partition coefficient (Wildman–Crippen LogP) is 5.23. The molecule has 9 nitrogen and oxygen atoms in total. The lowest BCUT2D eigenvalue weighted by Crippen LogP contribution is -2.36. The zero-order valence-electron chi connectivity index (χ0n) is 24.8. The molecule has 0 saturated carbocycles. The van der Waals surface area contributed by atoms with Gasteiger partial charge in [0.2, 0.25) is 0 Å². The Morgan fingerprint density at radius 2 is 1.68 bits per heavy atom. The van der Waals surface area contributed by atoms with Gasteiger partial charge >= 0.3 is 6.03 Å². The van der Waals surface area contributed by atoms with E-state index in [2.05, 4.69) is 16.0 Å². The number of amides is 3. The third-order valence-corrected chi connectivity index (χ3v) is 7.71. The predicted molar refractivity (Wildman–Crippen MR) is 166 cm³/mol. The molecule has 1 unspecified atom stereocenters. The topological polar surface area (TPSA) is 111 Å². The Hall–Kier alpha value is -5.78. The van der Waals surface area contributed by atoms with Crippen LogP contribution in [0.2, 0.25) is 0 Å². The number of ether oxygens (including phenoxy) is 2. The van der Waals surface area contributed by atoms with E-state index in [1.165, 1.54) is 18.3 Å². The molecule has 4 aromatic rings. The van der Waals surface area contributed by atoms with Crippen molar-refractivity contribution in [3.8, 4) is 5.75 Å². The molecule has 2 aliphatic rings. The van der Waals surface area contributed by atoms with Gasteiger partial charge in [0.05, 0.1) is 18.6 Å². The average Bonchev–Trinajstić information content (AvgIpc) is 3.45. The number of benzene rings is 3. The number of halogens is 3. The first kappa shape index (κ1) is 31.2. The first-order chi connectivity index (χ1) is 22.7. The molecule has 12 heteroatoms. The highest BCUT2D eigenvalue weighted by atomic mass is 19.2. The van der Waals surface area contributed by atoms with Gasteiger partial charge in [0.25, 0.3) is 11.5 Å². The summed E-state index contributed by atoms with van der Waals surface area (Å²) in [5.41, 5.74) is 1.42. The molecule has 2 atom stereocenters. The molecular formula is C35H29F3N4O5. The third kappa shape index (κ3) is 7.38. The Kier molecular flexibility index (Phi) is 9.09. The number of aromatic nitrogens is 1. The number of allylic oxidation sites excluding steroid dienone is 1. The van der Waals surface area contributed by atoms with Crippen LogP contribution in [0.3, 0.4) is 0 Å². The summed E-state index contributed by atoms with van der Waals surface area (Å²) in [4.78, 5) is 38.5. The zero-order valence-corrected chi connectivity index (χ0v) is 24.8. The van der Waals surface area contributed by atoms with Gasteiger partial charge in [0.1, 0.15) is 30.3 Å². The van der Waals surface area contributed by atoms with Gasteiger partial charge in [-0.2, -0.15) is 0 Å². The third-order valence-electron chi connectivity index (χ3n) is 7.71. The number of fused-ring (bicyclic) bond motifs is 1. The van der Waals surface area contributed by atoms with Crippen molar-refractivity contribution in [2.45, 2.75) is 31.7 Å². The molecule has 240 valence electrons. The van der Waals surface area contributed by atoms with Crippen LogP contribution in [0, 0.1) is 17.5 Å². The van der Waals surface area contributed by atoms with Crippen LogP contribution in [-0.2, 0) is 17.9 Å².